The molecule has 0 aliphatic rings. The van der Waals surface area contributed by atoms with Crippen LogP contribution in [-0.2, 0) is 11.8 Å². The Morgan fingerprint density at radius 3 is 2.43 bits per heavy atom. The van der Waals surface area contributed by atoms with E-state index in [0.717, 1.165) is 11.1 Å². The number of benzene rings is 1. The molecular formula is C18H20Cl2N2O. The second kappa shape index (κ2) is 7.33. The van der Waals surface area contributed by atoms with E-state index in [1.807, 2.05) is 18.2 Å². The van der Waals surface area contributed by atoms with Gasteiger partial charge in [0.2, 0.25) is 0 Å². The second-order valence-electron chi connectivity index (χ2n) is 6.44. The first-order chi connectivity index (χ1) is 10.8. The lowest BCUT2D eigenvalue weighted by Gasteiger charge is -2.18. The quantitative estimate of drug-likeness (QED) is 0.871. The summed E-state index contributed by atoms with van der Waals surface area (Å²) in [6.07, 6.45) is 2.44. The third-order valence-electron chi connectivity index (χ3n) is 3.55. The van der Waals surface area contributed by atoms with Crippen LogP contribution in [0.2, 0.25) is 10.0 Å². The van der Waals surface area contributed by atoms with Crippen LogP contribution in [0, 0.1) is 0 Å². The number of pyridine rings is 1. The number of rotatable bonds is 4. The van der Waals surface area contributed by atoms with Crippen LogP contribution in [0.4, 0.5) is 0 Å². The number of aromatic nitrogens is 1. The molecule has 2 rings (SSSR count). The van der Waals surface area contributed by atoms with E-state index in [2.05, 4.69) is 31.1 Å². The molecule has 5 heteroatoms. The van der Waals surface area contributed by atoms with Gasteiger partial charge in [0.1, 0.15) is 5.69 Å². The van der Waals surface area contributed by atoms with E-state index in [1.165, 1.54) is 0 Å². The standard InChI is InChI=1S/C18H20Cl2N2O/c1-18(2,3)13-5-7-16(22-11-13)17(23)21-9-8-12-4-6-14(19)15(20)10-12/h4-7,10-11H,8-9H2,1-3H3,(H,21,23). The van der Waals surface area contributed by atoms with Gasteiger partial charge in [0.15, 0.2) is 0 Å². The zero-order valence-corrected chi connectivity index (χ0v) is 15.0. The predicted molar refractivity (Wildman–Crippen MR) is 95.4 cm³/mol. The number of hydrogen-bond acceptors (Lipinski definition) is 2. The van der Waals surface area contributed by atoms with Crippen molar-refractivity contribution in [3.63, 3.8) is 0 Å². The van der Waals surface area contributed by atoms with Gasteiger partial charge in [-0.05, 0) is 41.2 Å². The highest BCUT2D eigenvalue weighted by Gasteiger charge is 2.15. The van der Waals surface area contributed by atoms with Crippen molar-refractivity contribution in [3.05, 3.63) is 63.4 Å². The van der Waals surface area contributed by atoms with Crippen LogP contribution in [0.5, 0.6) is 0 Å². The smallest absolute Gasteiger partial charge is 0.269 e. The molecule has 0 saturated carbocycles. The molecule has 1 heterocycles. The van der Waals surface area contributed by atoms with E-state index < -0.39 is 0 Å². The Labute approximate surface area is 147 Å². The number of halogens is 2. The minimum Gasteiger partial charge on any atom is -0.350 e. The number of carbonyl (C=O) groups excluding carboxylic acids is 1. The van der Waals surface area contributed by atoms with E-state index in [0.29, 0.717) is 28.7 Å². The highest BCUT2D eigenvalue weighted by molar-refractivity contribution is 6.42. The molecular weight excluding hydrogens is 331 g/mol. The molecule has 1 amide bonds. The second-order valence-corrected chi connectivity index (χ2v) is 7.25. The van der Waals surface area contributed by atoms with Gasteiger partial charge in [-0.1, -0.05) is 56.1 Å². The molecule has 2 aromatic rings. The Kier molecular flexibility index (Phi) is 5.66. The fraction of sp³-hybridized carbons (Fsp3) is 0.333. The summed E-state index contributed by atoms with van der Waals surface area (Å²) in [7, 11) is 0. The minimum atomic E-state index is -0.175. The first-order valence-corrected chi connectivity index (χ1v) is 8.21. The highest BCUT2D eigenvalue weighted by atomic mass is 35.5. The lowest BCUT2D eigenvalue weighted by atomic mass is 9.88. The molecule has 0 fully saturated rings. The molecule has 0 aliphatic carbocycles. The van der Waals surface area contributed by atoms with Crippen molar-refractivity contribution < 1.29 is 4.79 Å². The highest BCUT2D eigenvalue weighted by Crippen LogP contribution is 2.23. The maximum absolute atomic E-state index is 12.1. The lowest BCUT2D eigenvalue weighted by Crippen LogP contribution is -2.26. The van der Waals surface area contributed by atoms with E-state index in [9.17, 15) is 4.79 Å². The lowest BCUT2D eigenvalue weighted by molar-refractivity contribution is 0.0949. The molecule has 1 aromatic heterocycles. The summed E-state index contributed by atoms with van der Waals surface area (Å²) >= 11 is 11.9. The molecule has 0 aliphatic heterocycles. The average Bonchev–Trinajstić information content (AvgIpc) is 2.50. The van der Waals surface area contributed by atoms with Gasteiger partial charge in [-0.15, -0.1) is 0 Å². The van der Waals surface area contributed by atoms with Crippen LogP contribution in [-0.4, -0.2) is 17.4 Å². The molecule has 0 radical (unpaired) electrons. The summed E-state index contributed by atoms with van der Waals surface area (Å²) in [5.41, 5.74) is 2.57. The van der Waals surface area contributed by atoms with Gasteiger partial charge >= 0.3 is 0 Å². The number of hydrogen-bond donors (Lipinski definition) is 1. The third-order valence-corrected chi connectivity index (χ3v) is 4.28. The number of nitrogens with zero attached hydrogens (tertiary/aromatic N) is 1. The van der Waals surface area contributed by atoms with Crippen molar-refractivity contribution >= 4 is 29.1 Å². The molecule has 1 N–H and O–H groups in total. The maximum atomic E-state index is 12.1. The number of nitrogens with one attached hydrogen (secondary N) is 1. The Balaban J connectivity index is 1.90. The van der Waals surface area contributed by atoms with Gasteiger partial charge in [-0.3, -0.25) is 9.78 Å². The Morgan fingerprint density at radius 1 is 1.13 bits per heavy atom. The van der Waals surface area contributed by atoms with Crippen molar-refractivity contribution in [2.24, 2.45) is 0 Å². The van der Waals surface area contributed by atoms with Crippen LogP contribution in [0.15, 0.2) is 36.5 Å². The van der Waals surface area contributed by atoms with Crippen molar-refractivity contribution in [1.29, 1.82) is 0 Å². The van der Waals surface area contributed by atoms with Crippen LogP contribution in [0.3, 0.4) is 0 Å². The molecule has 0 unspecified atom stereocenters. The van der Waals surface area contributed by atoms with Crippen molar-refractivity contribution in [2.45, 2.75) is 32.6 Å². The van der Waals surface area contributed by atoms with Crippen LogP contribution in [0.1, 0.15) is 42.4 Å². The monoisotopic (exact) mass is 350 g/mol. The number of amides is 1. The van der Waals surface area contributed by atoms with Gasteiger partial charge in [-0.25, -0.2) is 0 Å². The van der Waals surface area contributed by atoms with E-state index in [-0.39, 0.29) is 11.3 Å². The molecule has 0 atom stereocenters. The zero-order chi connectivity index (χ0) is 17.0. The van der Waals surface area contributed by atoms with Gasteiger partial charge in [-0.2, -0.15) is 0 Å². The maximum Gasteiger partial charge on any atom is 0.269 e. The molecule has 0 spiro atoms. The SMILES string of the molecule is CC(C)(C)c1ccc(C(=O)NCCc2ccc(Cl)c(Cl)c2)nc1. The summed E-state index contributed by atoms with van der Waals surface area (Å²) < 4.78 is 0. The molecule has 3 nitrogen and oxygen atoms in total. The normalized spacial score (nSPS) is 11.3. The Hall–Kier alpha value is -1.58. The first kappa shape index (κ1) is 17.8. The summed E-state index contributed by atoms with van der Waals surface area (Å²) in [4.78, 5) is 16.3. The van der Waals surface area contributed by atoms with Gasteiger partial charge < -0.3 is 5.32 Å². The zero-order valence-electron chi connectivity index (χ0n) is 13.5. The summed E-state index contributed by atoms with van der Waals surface area (Å²) in [5, 5.41) is 3.92. The van der Waals surface area contributed by atoms with Crippen molar-refractivity contribution in [1.82, 2.24) is 10.3 Å². The first-order valence-electron chi connectivity index (χ1n) is 7.46. The topological polar surface area (TPSA) is 42.0 Å². The van der Waals surface area contributed by atoms with Crippen LogP contribution >= 0.6 is 23.2 Å². The fourth-order valence-corrected chi connectivity index (χ4v) is 2.40. The molecule has 1 aromatic carbocycles. The Bertz CT molecular complexity index is 691. The van der Waals surface area contributed by atoms with Crippen LogP contribution < -0.4 is 5.32 Å². The fourth-order valence-electron chi connectivity index (χ4n) is 2.08. The number of carbonyl (C=O) groups is 1. The van der Waals surface area contributed by atoms with Crippen molar-refractivity contribution in [3.8, 4) is 0 Å². The molecule has 0 bridgehead atoms. The van der Waals surface area contributed by atoms with Crippen molar-refractivity contribution in [2.75, 3.05) is 6.54 Å². The molecule has 0 saturated heterocycles. The molecule has 23 heavy (non-hydrogen) atoms. The predicted octanol–water partition coefficient (Wildman–Crippen LogP) is 4.66. The summed E-state index contributed by atoms with van der Waals surface area (Å²) in [6, 6.07) is 9.17. The van der Waals surface area contributed by atoms with E-state index in [1.54, 1.807) is 18.3 Å². The van der Waals surface area contributed by atoms with Gasteiger partial charge in [0, 0.05) is 12.7 Å². The molecule has 122 valence electrons. The van der Waals surface area contributed by atoms with Gasteiger partial charge in [0.25, 0.3) is 5.91 Å². The average molecular weight is 351 g/mol. The van der Waals surface area contributed by atoms with E-state index >= 15 is 0 Å². The van der Waals surface area contributed by atoms with E-state index in [4.69, 9.17) is 23.2 Å². The third kappa shape index (κ3) is 4.95. The van der Waals surface area contributed by atoms with Crippen LogP contribution in [0.25, 0.3) is 0 Å². The minimum absolute atomic E-state index is 0.0237. The van der Waals surface area contributed by atoms with Gasteiger partial charge in [0.05, 0.1) is 10.0 Å². The largest absolute Gasteiger partial charge is 0.350 e. The summed E-state index contributed by atoms with van der Waals surface area (Å²) in [5.74, 6) is -0.175. The Morgan fingerprint density at radius 2 is 1.87 bits per heavy atom. The summed E-state index contributed by atoms with van der Waals surface area (Å²) in [6.45, 7) is 6.85.